The molecular formula is C22H23F3N2U. The average Bonchev–Trinajstić information content (AvgIpc) is 2.61. The quantitative estimate of drug-likeness (QED) is 0.246. The van der Waals surface area contributed by atoms with Crippen molar-refractivity contribution in [2.45, 2.75) is 38.9 Å². The fraction of sp³-hybridized carbons (Fsp3) is 0.273. The van der Waals surface area contributed by atoms with Crippen molar-refractivity contribution in [2.75, 3.05) is 0 Å². The largest absolute Gasteiger partial charge is 2.00 e. The molecule has 0 spiro atoms. The molecule has 146 valence electrons. The SMILES string of the molecule is [CH2-]CC/C(=C\C(N)=NC(C)c1ccccc1C)c1[c-]cc(C(F)(F)F)cc1.[U+2]. The van der Waals surface area contributed by atoms with E-state index in [1.54, 1.807) is 6.08 Å². The van der Waals surface area contributed by atoms with Gasteiger partial charge in [-0.25, -0.2) is 0 Å². The Morgan fingerprint density at radius 3 is 2.46 bits per heavy atom. The Morgan fingerprint density at radius 1 is 1.25 bits per heavy atom. The number of allylic oxidation sites excluding steroid dienone is 1. The Balaban J connectivity index is 0.00000392. The van der Waals surface area contributed by atoms with Gasteiger partial charge in [0.05, 0.1) is 6.04 Å². The summed E-state index contributed by atoms with van der Waals surface area (Å²) in [5.41, 5.74) is 8.89. The van der Waals surface area contributed by atoms with Gasteiger partial charge in [-0.2, -0.15) is 19.6 Å². The van der Waals surface area contributed by atoms with E-state index in [2.05, 4.69) is 18.0 Å². The number of aryl methyl sites for hydroxylation is 1. The molecule has 6 heteroatoms. The predicted octanol–water partition coefficient (Wildman–Crippen LogP) is 5.93. The van der Waals surface area contributed by atoms with E-state index in [1.165, 1.54) is 6.07 Å². The summed E-state index contributed by atoms with van der Waals surface area (Å²) in [5, 5.41) is 0. The maximum atomic E-state index is 12.7. The molecule has 0 fully saturated rings. The molecule has 1 unspecified atom stereocenters. The van der Waals surface area contributed by atoms with Crippen LogP contribution < -0.4 is 5.73 Å². The van der Waals surface area contributed by atoms with E-state index in [4.69, 9.17) is 5.73 Å². The first-order chi connectivity index (χ1) is 12.7. The standard InChI is InChI=1S/C22H23F3N2.U/c1-4-7-18(17-10-12-19(13-11-17)22(23,24)25)14-21(26)27-16(3)20-9-6-5-8-15(20)2;/h5-6,8-10,12-14,16H,1,4,7H2,2-3H3,(H2,26,27);/q-2;+2/b18-14+;. The number of hydrogen-bond donors (Lipinski definition) is 1. The Labute approximate surface area is 188 Å². The zero-order valence-electron chi connectivity index (χ0n) is 16.0. The van der Waals surface area contributed by atoms with Gasteiger partial charge in [-0.3, -0.25) is 4.99 Å². The van der Waals surface area contributed by atoms with E-state index in [9.17, 15) is 13.2 Å². The summed E-state index contributed by atoms with van der Waals surface area (Å²) >= 11 is 0. The van der Waals surface area contributed by atoms with Crippen LogP contribution in [-0.2, 0) is 6.18 Å². The second-order valence-electron chi connectivity index (χ2n) is 6.35. The van der Waals surface area contributed by atoms with Crippen molar-refractivity contribution in [1.29, 1.82) is 0 Å². The first kappa shape index (κ1) is 24.5. The van der Waals surface area contributed by atoms with Gasteiger partial charge in [0, 0.05) is 0 Å². The van der Waals surface area contributed by atoms with E-state index >= 15 is 0 Å². The van der Waals surface area contributed by atoms with Crippen molar-refractivity contribution in [1.82, 2.24) is 0 Å². The summed E-state index contributed by atoms with van der Waals surface area (Å²) in [6.07, 6.45) is -1.54. The molecule has 0 aliphatic heterocycles. The van der Waals surface area contributed by atoms with Gasteiger partial charge in [0.15, 0.2) is 0 Å². The molecule has 2 aromatic rings. The Morgan fingerprint density at radius 2 is 1.93 bits per heavy atom. The molecule has 0 aliphatic carbocycles. The molecule has 0 amide bonds. The van der Waals surface area contributed by atoms with E-state index < -0.39 is 11.7 Å². The number of amidine groups is 1. The number of hydrogen-bond acceptors (Lipinski definition) is 1. The number of nitrogens with two attached hydrogens (primary N) is 1. The Kier molecular flexibility index (Phi) is 9.53. The molecule has 0 saturated carbocycles. The van der Waals surface area contributed by atoms with Crippen molar-refractivity contribution in [3.8, 4) is 0 Å². The average molecular weight is 610 g/mol. The minimum atomic E-state index is -4.38. The fourth-order valence-electron chi connectivity index (χ4n) is 2.84. The van der Waals surface area contributed by atoms with Crippen LogP contribution in [0, 0.1) is 51.0 Å². The first-order valence-electron chi connectivity index (χ1n) is 8.70. The van der Waals surface area contributed by atoms with Crippen LogP contribution in [0.2, 0.25) is 0 Å². The van der Waals surface area contributed by atoms with Crippen molar-refractivity contribution in [3.05, 3.63) is 83.8 Å². The van der Waals surface area contributed by atoms with E-state index in [0.29, 0.717) is 24.2 Å². The number of halogens is 3. The summed E-state index contributed by atoms with van der Waals surface area (Å²) in [7, 11) is 0. The summed E-state index contributed by atoms with van der Waals surface area (Å²) in [6.45, 7) is 7.79. The zero-order valence-corrected chi connectivity index (χ0v) is 20.1. The van der Waals surface area contributed by atoms with Crippen molar-refractivity contribution >= 4 is 11.4 Å². The summed E-state index contributed by atoms with van der Waals surface area (Å²) in [5.74, 6) is 0.322. The monoisotopic (exact) mass is 610 g/mol. The summed E-state index contributed by atoms with van der Waals surface area (Å²) in [4.78, 5) is 4.52. The molecule has 0 saturated heterocycles. The smallest absolute Gasteiger partial charge is 0.385 e. The topological polar surface area (TPSA) is 38.4 Å². The second kappa shape index (κ2) is 10.9. The van der Waals surface area contributed by atoms with Crippen LogP contribution in [0.15, 0.2) is 53.5 Å². The third-order valence-electron chi connectivity index (χ3n) is 4.24. The number of nitrogens with zero attached hydrogens (tertiary/aromatic N) is 1. The fourth-order valence-corrected chi connectivity index (χ4v) is 2.84. The van der Waals surface area contributed by atoms with E-state index in [1.807, 2.05) is 38.1 Å². The minimum absolute atomic E-state index is 0. The van der Waals surface area contributed by atoms with E-state index in [-0.39, 0.29) is 37.2 Å². The van der Waals surface area contributed by atoms with Gasteiger partial charge < -0.3 is 12.7 Å². The Bertz CT molecular complexity index is 824. The normalized spacial score (nSPS) is 13.8. The van der Waals surface area contributed by atoms with Gasteiger partial charge in [0.2, 0.25) is 0 Å². The molecule has 2 nitrogen and oxygen atoms in total. The molecule has 2 aromatic carbocycles. The van der Waals surface area contributed by atoms with Crippen LogP contribution in [0.5, 0.6) is 0 Å². The predicted molar refractivity (Wildman–Crippen MR) is 104 cm³/mol. The number of alkyl halides is 3. The van der Waals surface area contributed by atoms with Gasteiger partial charge in [-0.15, -0.1) is 35.4 Å². The third kappa shape index (κ3) is 6.83. The van der Waals surface area contributed by atoms with Crippen molar-refractivity contribution < 1.29 is 44.3 Å². The Hall–Kier alpha value is -1.51. The number of aliphatic imine (C=N–C) groups is 1. The molecule has 0 radical (unpaired) electrons. The molecule has 0 aromatic heterocycles. The van der Waals surface area contributed by atoms with Gasteiger partial charge in [0.1, 0.15) is 5.84 Å². The molecule has 1 atom stereocenters. The van der Waals surface area contributed by atoms with E-state index in [0.717, 1.165) is 28.8 Å². The summed E-state index contributed by atoms with van der Waals surface area (Å²) in [6, 6.07) is 13.9. The van der Waals surface area contributed by atoms with Crippen LogP contribution >= 0.6 is 0 Å². The molecular weight excluding hydrogens is 587 g/mol. The van der Waals surface area contributed by atoms with Gasteiger partial charge in [-0.1, -0.05) is 36.8 Å². The number of rotatable bonds is 6. The van der Waals surface area contributed by atoms with Crippen LogP contribution in [0.25, 0.3) is 5.57 Å². The minimum Gasteiger partial charge on any atom is -0.385 e. The second-order valence-corrected chi connectivity index (χ2v) is 6.35. The first-order valence-corrected chi connectivity index (χ1v) is 8.70. The van der Waals surface area contributed by atoms with Gasteiger partial charge in [0.25, 0.3) is 0 Å². The maximum absolute atomic E-state index is 12.7. The molecule has 0 bridgehead atoms. The van der Waals surface area contributed by atoms with Crippen molar-refractivity contribution in [3.63, 3.8) is 0 Å². The van der Waals surface area contributed by atoms with Gasteiger partial charge in [-0.05, 0) is 30.5 Å². The van der Waals surface area contributed by atoms with Crippen LogP contribution in [-0.4, -0.2) is 5.84 Å². The molecule has 0 aliphatic rings. The third-order valence-corrected chi connectivity index (χ3v) is 4.24. The molecule has 28 heavy (non-hydrogen) atoms. The van der Waals surface area contributed by atoms with Gasteiger partial charge >= 0.3 is 37.3 Å². The van der Waals surface area contributed by atoms with Crippen LogP contribution in [0.4, 0.5) is 13.2 Å². The van der Waals surface area contributed by atoms with Crippen LogP contribution in [0.3, 0.4) is 0 Å². The molecule has 2 rings (SSSR count). The summed E-state index contributed by atoms with van der Waals surface area (Å²) < 4.78 is 38.2. The maximum Gasteiger partial charge on any atom is 2.00 e. The van der Waals surface area contributed by atoms with Crippen molar-refractivity contribution in [2.24, 2.45) is 10.7 Å². The molecule has 2 N–H and O–H groups in total. The zero-order chi connectivity index (χ0) is 20.0. The number of benzene rings is 2. The van der Waals surface area contributed by atoms with Crippen LogP contribution in [0.1, 0.15) is 48.1 Å². The molecule has 0 heterocycles.